The van der Waals surface area contributed by atoms with Gasteiger partial charge in [-0.3, -0.25) is 29.1 Å². The maximum atomic E-state index is 13.4. The lowest BCUT2D eigenvalue weighted by molar-refractivity contribution is -0.274. The monoisotopic (exact) mass is 1500 g/mol. The first-order valence-electron chi connectivity index (χ1n) is 35.5. The van der Waals surface area contributed by atoms with Crippen molar-refractivity contribution in [2.45, 2.75) is 129 Å². The Morgan fingerprint density at radius 2 is 1.19 bits per heavy atom. The first kappa shape index (κ1) is 73.5. The normalized spacial score (nSPS) is 17.9. The van der Waals surface area contributed by atoms with Crippen LogP contribution in [0, 0.1) is 6.92 Å². The third kappa shape index (κ3) is 15.8. The Labute approximate surface area is 622 Å². The first-order valence-corrected chi connectivity index (χ1v) is 38.4. The Balaban J connectivity index is 0.000000162. The van der Waals surface area contributed by atoms with Crippen LogP contribution in [-0.4, -0.2) is 128 Å². The number of ether oxygens (including phenoxy) is 5. The fourth-order valence-electron chi connectivity index (χ4n) is 14.2. The highest BCUT2D eigenvalue weighted by atomic mass is 32.2. The second kappa shape index (κ2) is 29.8. The Morgan fingerprint density at radius 3 is 1.75 bits per heavy atom. The van der Waals surface area contributed by atoms with Crippen LogP contribution in [0.4, 0.5) is 19.0 Å². The number of anilines is 1. The van der Waals surface area contributed by atoms with Crippen molar-refractivity contribution in [3.63, 3.8) is 0 Å². The summed E-state index contributed by atoms with van der Waals surface area (Å²) in [6.07, 6.45) is 3.42. The van der Waals surface area contributed by atoms with Crippen LogP contribution in [0.1, 0.15) is 115 Å². The molecular weight excluding hydrogens is 1420 g/mol. The molecule has 1 atom stereocenters. The minimum Gasteiger partial charge on any atom is -0.454 e. The number of alkyl halides is 3. The second-order valence-electron chi connectivity index (χ2n) is 28.1. The molecule has 3 aromatic heterocycles. The lowest BCUT2D eigenvalue weighted by atomic mass is 9.88. The largest absolute Gasteiger partial charge is 0.573 e. The molecule has 26 heteroatoms. The van der Waals surface area contributed by atoms with Gasteiger partial charge in [0.2, 0.25) is 45.4 Å². The van der Waals surface area contributed by atoms with Gasteiger partial charge in [0.1, 0.15) is 23.1 Å². The summed E-state index contributed by atoms with van der Waals surface area (Å²) in [5, 5.41) is 14.9. The molecule has 0 unspecified atom stereocenters. The number of nitrogens with one attached hydrogen (secondary N) is 2. The lowest BCUT2D eigenvalue weighted by Gasteiger charge is -2.25. The Hall–Kier alpha value is -10.4. The number of benzene rings is 6. The average molecular weight is 1500 g/mol. The van der Waals surface area contributed by atoms with Gasteiger partial charge < -0.3 is 39.4 Å². The van der Waals surface area contributed by atoms with Gasteiger partial charge in [-0.15, -0.1) is 13.2 Å². The fourth-order valence-corrected chi connectivity index (χ4v) is 17.3. The van der Waals surface area contributed by atoms with E-state index in [2.05, 4.69) is 81.4 Å². The molecule has 2 amide bonds. The first-order chi connectivity index (χ1) is 51.3. The van der Waals surface area contributed by atoms with Gasteiger partial charge in [0.25, 0.3) is 0 Å². The van der Waals surface area contributed by atoms with Crippen LogP contribution in [-0.2, 0) is 68.3 Å². The van der Waals surface area contributed by atoms with Crippen molar-refractivity contribution in [3.8, 4) is 62.4 Å². The van der Waals surface area contributed by atoms with E-state index in [9.17, 15) is 54.3 Å². The number of nitrogens with zero attached hydrogens (tertiary/aromatic N) is 5. The van der Waals surface area contributed by atoms with E-state index in [1.165, 1.54) is 68.3 Å². The van der Waals surface area contributed by atoms with Crippen LogP contribution in [0.5, 0.6) is 28.7 Å². The molecule has 3 aliphatic carbocycles. The molecule has 2 saturated heterocycles. The maximum Gasteiger partial charge on any atom is 0.573 e. The van der Waals surface area contributed by atoms with E-state index in [0.717, 1.165) is 70.7 Å². The van der Waals surface area contributed by atoms with Crippen LogP contribution in [0.25, 0.3) is 33.6 Å². The average Bonchev–Trinajstić information content (AvgIpc) is 1.60. The van der Waals surface area contributed by atoms with E-state index in [1.54, 1.807) is 42.5 Å². The number of Topliss-reactive ketones (excluding diaryl/α,β-unsaturated/α-hetero) is 2. The summed E-state index contributed by atoms with van der Waals surface area (Å²) in [6.45, 7) is 7.42. The number of hydrogen-bond acceptors (Lipinski definition) is 17. The molecular formula is C81H84F3N7O14S2. The zero-order chi connectivity index (χ0) is 75.0. The highest BCUT2D eigenvalue weighted by molar-refractivity contribution is 7.89. The number of rotatable bonds is 21. The number of pyridine rings is 3. The molecule has 9 aromatic rings. The number of amides is 2. The number of hydrogen-bond donors (Lipinski definition) is 3. The third-order valence-electron chi connectivity index (χ3n) is 20.8. The molecule has 3 N–H and O–H groups in total. The van der Waals surface area contributed by atoms with Gasteiger partial charge in [-0.25, -0.2) is 21.8 Å². The third-order valence-corrected chi connectivity index (χ3v) is 24.7. The van der Waals surface area contributed by atoms with Crippen molar-refractivity contribution >= 4 is 49.2 Å². The van der Waals surface area contributed by atoms with Crippen molar-refractivity contribution in [2.75, 3.05) is 51.7 Å². The molecule has 6 aromatic carbocycles. The van der Waals surface area contributed by atoms with Gasteiger partial charge in [0.15, 0.2) is 23.0 Å². The SMILES string of the molecule is Cc1cc(CC(=O)C2(c3ccc4c(c3)OCO4)CC2)ncc1-c1cccc(C(C)C)c1.O=C(Nc1cccc(-c2ccc(S(=O)(=O)N3CCC[C@@H]3CO)cc2)n1)C1(c2ccc(OC(F)(F)F)cc2)CC1.O=C1CN(S(=O)(=O)c2ccc(-c3cccc(CC(=O)C4(c5ccc6c(c5)OCO6)CC4)n3)cc2)CCN1.[HH].[HH].[HH]. The summed E-state index contributed by atoms with van der Waals surface area (Å²) >= 11 is 0. The van der Waals surface area contributed by atoms with Crippen LogP contribution >= 0.6 is 0 Å². The molecule has 21 nitrogen and oxygen atoms in total. The van der Waals surface area contributed by atoms with Gasteiger partial charge in [-0.1, -0.05) is 98.8 Å². The molecule has 7 aliphatic rings. The van der Waals surface area contributed by atoms with E-state index < -0.39 is 48.7 Å². The summed E-state index contributed by atoms with van der Waals surface area (Å²) in [5.41, 5.74) is 9.59. The number of aromatic nitrogens is 3. The van der Waals surface area contributed by atoms with Gasteiger partial charge in [0.05, 0.1) is 50.6 Å². The zero-order valence-corrected chi connectivity index (χ0v) is 60.6. The van der Waals surface area contributed by atoms with Crippen LogP contribution in [0.2, 0.25) is 0 Å². The van der Waals surface area contributed by atoms with Gasteiger partial charge in [-0.2, -0.15) is 8.61 Å². The molecule has 16 rings (SSSR count). The van der Waals surface area contributed by atoms with E-state index in [1.807, 2.05) is 60.8 Å². The highest BCUT2D eigenvalue weighted by Gasteiger charge is 2.53. The van der Waals surface area contributed by atoms with Gasteiger partial charge >= 0.3 is 6.36 Å². The quantitative estimate of drug-likeness (QED) is 0.0603. The molecule has 5 fully saturated rings. The number of aliphatic hydroxyl groups is 1. The highest BCUT2D eigenvalue weighted by Crippen LogP contribution is 2.54. The smallest absolute Gasteiger partial charge is 0.454 e. The van der Waals surface area contributed by atoms with Crippen LogP contribution in [0.15, 0.2) is 192 Å². The number of carbonyl (C=O) groups is 4. The summed E-state index contributed by atoms with van der Waals surface area (Å²) < 4.78 is 117. The Bertz CT molecular complexity index is 5150. The fraction of sp³-hybridized carbons (Fsp3) is 0.321. The maximum absolute atomic E-state index is 13.4. The number of ketones is 2. The predicted octanol–water partition coefficient (Wildman–Crippen LogP) is 13.4. The molecule has 107 heavy (non-hydrogen) atoms. The number of sulfonamides is 2. The van der Waals surface area contributed by atoms with Crippen molar-refractivity contribution < 1.29 is 82.3 Å². The van der Waals surface area contributed by atoms with Crippen molar-refractivity contribution in [3.05, 3.63) is 221 Å². The summed E-state index contributed by atoms with van der Waals surface area (Å²) in [4.78, 5) is 65.5. The van der Waals surface area contributed by atoms with E-state index in [-0.39, 0.29) is 82.9 Å². The molecule has 7 heterocycles. The number of piperazine rings is 1. The Morgan fingerprint density at radius 1 is 0.636 bits per heavy atom. The summed E-state index contributed by atoms with van der Waals surface area (Å²) in [6, 6.07) is 50.4. The van der Waals surface area contributed by atoms with Crippen molar-refractivity contribution in [1.29, 1.82) is 0 Å². The number of halogens is 3. The number of fused-ring (bicyclic) bond motifs is 2. The Kier molecular flexibility index (Phi) is 20.4. The molecule has 0 bridgehead atoms. The van der Waals surface area contributed by atoms with Gasteiger partial charge in [-0.05, 0) is 189 Å². The van der Waals surface area contributed by atoms with E-state index >= 15 is 0 Å². The zero-order valence-electron chi connectivity index (χ0n) is 58.9. The summed E-state index contributed by atoms with van der Waals surface area (Å²) in [5.74, 6) is 2.99. The van der Waals surface area contributed by atoms with E-state index in [4.69, 9.17) is 18.9 Å². The molecule has 4 aliphatic heterocycles. The predicted molar refractivity (Wildman–Crippen MR) is 397 cm³/mol. The molecule has 0 radical (unpaired) electrons. The van der Waals surface area contributed by atoms with Crippen molar-refractivity contribution in [1.82, 2.24) is 28.9 Å². The van der Waals surface area contributed by atoms with Crippen LogP contribution in [0.3, 0.4) is 0 Å². The molecule has 560 valence electrons. The second-order valence-corrected chi connectivity index (χ2v) is 32.0. The number of carbonyl (C=O) groups excluding carboxylic acids is 4. The minimum absolute atomic E-state index is 0. The number of aliphatic hydroxyl groups excluding tert-OH is 1. The van der Waals surface area contributed by atoms with Crippen LogP contribution < -0.4 is 34.3 Å². The van der Waals surface area contributed by atoms with Crippen molar-refractivity contribution in [2.24, 2.45) is 0 Å². The standard InChI is InChI=1S/C27H26F3N3O5S.C27H25N3O6S.C27H27NO3.3H2/c28-27(29,30)38-21-10-8-19(9-11-21)26(14-15-26)25(35)32-24-5-1-4-23(31-24)18-6-12-22(13-7-18)39(36,37)33-16-2-3-20(33)17-34;31-25(27(10-11-27)19-6-9-23-24(14-19)36-17-35-23)15-20-2-1-3-22(29-20)18-4-7-21(8-5-18)37(33,34)30-13-12-28-26(32)16-30;1-17(2)19-5-4-6-20(12-19)23-15-28-22(11-18(23)3)14-26(29)27(9-10-27)21-7-8-24-25(13-21)31-16-30-24;;;/h1,4-13,20,34H,2-3,14-17H2,(H,31,32,35);1-9,14H,10-13,15-17H2,(H,28,32);4-8,11-13,15,17H,9-10,14,16H2,1-3H3;3*1H/t20-;;;;;/m1...../s1. The van der Waals surface area contributed by atoms with E-state index in [0.29, 0.717) is 96.6 Å². The number of aryl methyl sites for hydroxylation is 1. The molecule has 0 spiro atoms. The minimum atomic E-state index is -4.79. The topological polar surface area (TPSA) is 272 Å². The lowest BCUT2D eigenvalue weighted by Crippen LogP contribution is -2.49. The molecule has 3 saturated carbocycles. The van der Waals surface area contributed by atoms with Gasteiger partial charge in [0, 0.05) is 77.1 Å². The summed E-state index contributed by atoms with van der Waals surface area (Å²) in [7, 11) is -7.51.